The molecule has 0 saturated heterocycles. The third-order valence-electron chi connectivity index (χ3n) is 2.60. The van der Waals surface area contributed by atoms with E-state index in [1.54, 1.807) is 0 Å². The van der Waals surface area contributed by atoms with E-state index in [1.807, 2.05) is 0 Å². The molecule has 0 aromatic rings. The first-order valence-corrected chi connectivity index (χ1v) is 7.35. The number of hydrogen-bond donors (Lipinski definition) is 2. The highest BCUT2D eigenvalue weighted by Gasteiger charge is 2.06. The van der Waals surface area contributed by atoms with Crippen molar-refractivity contribution in [3.05, 3.63) is 47.6 Å². The molecule has 0 aliphatic rings. The van der Waals surface area contributed by atoms with Crippen molar-refractivity contribution in [3.63, 3.8) is 0 Å². The fourth-order valence-corrected chi connectivity index (χ4v) is 0.970. The maximum atomic E-state index is 10.8. The highest BCUT2D eigenvalue weighted by Crippen LogP contribution is 2.00. The Morgan fingerprint density at radius 1 is 0.769 bits per heavy atom. The predicted molar refractivity (Wildman–Crippen MR) is 94.1 cm³/mol. The van der Waals surface area contributed by atoms with Gasteiger partial charge in [-0.05, 0) is 34.1 Å². The van der Waals surface area contributed by atoms with Crippen molar-refractivity contribution in [1.29, 1.82) is 0 Å². The number of carbonyl (C=O) groups is 4. The van der Waals surface area contributed by atoms with Crippen molar-refractivity contribution >= 4 is 23.9 Å². The molecule has 0 aromatic carbocycles. The normalized spacial score (nSPS) is 10.8. The van der Waals surface area contributed by atoms with E-state index >= 15 is 0 Å². The monoisotopic (exact) mass is 368 g/mol. The fraction of sp³-hybridized carbons (Fsp3) is 0.333. The number of esters is 2. The summed E-state index contributed by atoms with van der Waals surface area (Å²) in [5, 5.41) is 16.9. The number of rotatable bonds is 8. The Balaban J connectivity index is 0. The minimum Gasteiger partial charge on any atom is -0.478 e. The lowest BCUT2D eigenvalue weighted by atomic mass is 10.2. The Kier molecular flexibility index (Phi) is 12.7. The lowest BCUT2D eigenvalue weighted by molar-refractivity contribution is -0.161. The lowest BCUT2D eigenvalue weighted by Gasteiger charge is -2.04. The van der Waals surface area contributed by atoms with Crippen LogP contribution in [0, 0.1) is 0 Å². The van der Waals surface area contributed by atoms with Crippen LogP contribution in [0.4, 0.5) is 0 Å². The van der Waals surface area contributed by atoms with Crippen LogP contribution in [0.2, 0.25) is 0 Å². The van der Waals surface area contributed by atoms with E-state index in [0.29, 0.717) is 6.42 Å². The molecule has 0 heterocycles. The van der Waals surface area contributed by atoms with Crippen molar-refractivity contribution in [2.75, 3.05) is 6.79 Å². The Morgan fingerprint density at radius 2 is 1.08 bits per heavy atom. The molecular formula is C18H24O8. The van der Waals surface area contributed by atoms with Gasteiger partial charge in [-0.1, -0.05) is 25.3 Å². The van der Waals surface area contributed by atoms with Crippen molar-refractivity contribution in [2.45, 2.75) is 34.1 Å². The summed E-state index contributed by atoms with van der Waals surface area (Å²) < 4.78 is 9.00. The van der Waals surface area contributed by atoms with Crippen molar-refractivity contribution in [3.8, 4) is 0 Å². The van der Waals surface area contributed by atoms with Gasteiger partial charge in [-0.25, -0.2) is 19.2 Å². The predicted octanol–water partition coefficient (Wildman–Crippen LogP) is 2.62. The summed E-state index contributed by atoms with van der Waals surface area (Å²) >= 11 is 0. The molecule has 0 aliphatic carbocycles. The minimum atomic E-state index is -0.985. The van der Waals surface area contributed by atoms with Crippen LogP contribution in [-0.4, -0.2) is 40.9 Å². The Bertz CT molecular complexity index is 584. The Morgan fingerprint density at radius 3 is 1.31 bits per heavy atom. The summed E-state index contributed by atoms with van der Waals surface area (Å²) in [6, 6.07) is 0. The summed E-state index contributed by atoms with van der Waals surface area (Å²) in [5.41, 5.74) is 0.946. The average molecular weight is 368 g/mol. The van der Waals surface area contributed by atoms with E-state index in [2.05, 4.69) is 22.6 Å². The third-order valence-corrected chi connectivity index (χ3v) is 2.60. The van der Waals surface area contributed by atoms with Crippen molar-refractivity contribution in [2.24, 2.45) is 0 Å². The second kappa shape index (κ2) is 13.2. The molecule has 0 rings (SSSR count). The molecule has 0 fully saturated rings. The van der Waals surface area contributed by atoms with Gasteiger partial charge < -0.3 is 19.7 Å². The standard InChI is InChI=1S/2C9H12O4/c1-6(2)8(10)12-5-13-9(11)7(3)4;1-6(8(10)11)4-3-5-7(2)9(12)13/h1,3,5H2,2,4H3;4-5H,3H2,1-2H3,(H,10,11)(H,12,13). The third kappa shape index (κ3) is 13.3. The zero-order valence-corrected chi connectivity index (χ0v) is 15.3. The van der Waals surface area contributed by atoms with E-state index in [-0.39, 0.29) is 22.3 Å². The number of carbonyl (C=O) groups excluding carboxylic acids is 2. The number of hydrogen-bond acceptors (Lipinski definition) is 6. The zero-order chi connectivity index (χ0) is 20.9. The molecule has 0 saturated carbocycles. The molecule has 0 radical (unpaired) electrons. The van der Waals surface area contributed by atoms with Gasteiger partial charge in [-0.2, -0.15) is 0 Å². The van der Waals surface area contributed by atoms with Gasteiger partial charge in [0.25, 0.3) is 0 Å². The van der Waals surface area contributed by atoms with Crippen LogP contribution in [0.25, 0.3) is 0 Å². The maximum Gasteiger partial charge on any atom is 0.335 e. The SMILES string of the molecule is C=C(C)C(=O)OCOC(=O)C(=C)C.CC(=CCC=C(C)C(=O)O)C(=O)O. The summed E-state index contributed by atoms with van der Waals surface area (Å²) in [7, 11) is 0. The van der Waals surface area contributed by atoms with Crippen LogP contribution in [0.5, 0.6) is 0 Å². The van der Waals surface area contributed by atoms with Gasteiger partial charge in [0, 0.05) is 22.3 Å². The molecule has 26 heavy (non-hydrogen) atoms. The lowest BCUT2D eigenvalue weighted by Crippen LogP contribution is -2.13. The van der Waals surface area contributed by atoms with Gasteiger partial charge in [0.15, 0.2) is 0 Å². The van der Waals surface area contributed by atoms with Crippen LogP contribution >= 0.6 is 0 Å². The van der Waals surface area contributed by atoms with Gasteiger partial charge in [0.2, 0.25) is 6.79 Å². The number of ether oxygens (including phenoxy) is 2. The molecule has 144 valence electrons. The number of carboxylic acids is 2. The quantitative estimate of drug-likeness (QED) is 0.380. The van der Waals surface area contributed by atoms with Crippen LogP contribution in [0.15, 0.2) is 47.6 Å². The second-order valence-corrected chi connectivity index (χ2v) is 5.16. The van der Waals surface area contributed by atoms with Gasteiger partial charge >= 0.3 is 23.9 Å². The van der Waals surface area contributed by atoms with E-state index in [0.717, 1.165) is 0 Å². The first-order chi connectivity index (χ1) is 11.9. The Labute approximate surface area is 152 Å². The van der Waals surface area contributed by atoms with Gasteiger partial charge in [-0.3, -0.25) is 0 Å². The highest BCUT2D eigenvalue weighted by atomic mass is 16.7. The molecular weight excluding hydrogens is 344 g/mol. The smallest absolute Gasteiger partial charge is 0.335 e. The van der Waals surface area contributed by atoms with E-state index in [1.165, 1.54) is 39.8 Å². The number of allylic oxidation sites excluding steroid dienone is 2. The second-order valence-electron chi connectivity index (χ2n) is 5.16. The van der Waals surface area contributed by atoms with Gasteiger partial charge in [0.1, 0.15) is 0 Å². The molecule has 8 nitrogen and oxygen atoms in total. The summed E-state index contributed by atoms with van der Waals surface area (Å²) in [5.74, 6) is -3.15. The largest absolute Gasteiger partial charge is 0.478 e. The molecule has 8 heteroatoms. The zero-order valence-electron chi connectivity index (χ0n) is 15.3. The van der Waals surface area contributed by atoms with Crippen LogP contribution in [0.3, 0.4) is 0 Å². The molecule has 0 atom stereocenters. The maximum absolute atomic E-state index is 10.8. The molecule has 0 spiro atoms. The fourth-order valence-electron chi connectivity index (χ4n) is 0.970. The first-order valence-electron chi connectivity index (χ1n) is 7.35. The first kappa shape index (κ1) is 25.1. The highest BCUT2D eigenvalue weighted by molar-refractivity contribution is 5.88. The average Bonchev–Trinajstić information content (AvgIpc) is 2.54. The molecule has 0 unspecified atom stereocenters. The van der Waals surface area contributed by atoms with Crippen LogP contribution in [0.1, 0.15) is 34.1 Å². The molecule has 0 bridgehead atoms. The van der Waals surface area contributed by atoms with Gasteiger partial charge in [0.05, 0.1) is 0 Å². The van der Waals surface area contributed by atoms with E-state index in [4.69, 9.17) is 10.2 Å². The Hall–Kier alpha value is -3.16. The number of carboxylic acid groups (broad SMARTS) is 2. The van der Waals surface area contributed by atoms with E-state index in [9.17, 15) is 19.2 Å². The summed E-state index contributed by atoms with van der Waals surface area (Å²) in [4.78, 5) is 42.1. The van der Waals surface area contributed by atoms with E-state index < -0.39 is 30.7 Å². The summed E-state index contributed by atoms with van der Waals surface area (Å²) in [6.07, 6.45) is 3.26. The minimum absolute atomic E-state index is 0.217. The van der Waals surface area contributed by atoms with Crippen molar-refractivity contribution < 1.29 is 38.9 Å². The molecule has 2 N–H and O–H groups in total. The van der Waals surface area contributed by atoms with Crippen molar-refractivity contribution in [1.82, 2.24) is 0 Å². The molecule has 0 aromatic heterocycles. The number of aliphatic carboxylic acids is 2. The van der Waals surface area contributed by atoms with Crippen LogP contribution in [-0.2, 0) is 28.7 Å². The molecule has 0 amide bonds. The topological polar surface area (TPSA) is 127 Å². The van der Waals surface area contributed by atoms with Gasteiger partial charge in [-0.15, -0.1) is 0 Å². The van der Waals surface area contributed by atoms with Crippen LogP contribution < -0.4 is 0 Å². The molecule has 0 aliphatic heterocycles. The summed E-state index contributed by atoms with van der Waals surface area (Å²) in [6.45, 7) is 12.2.